The van der Waals surface area contributed by atoms with Crippen molar-refractivity contribution in [2.45, 2.75) is 25.5 Å². The molecule has 1 unspecified atom stereocenters. The molecule has 78 valence electrons. The molecule has 1 heterocycles. The van der Waals surface area contributed by atoms with Gasteiger partial charge in [-0.1, -0.05) is 13.3 Å². The molecule has 0 spiro atoms. The van der Waals surface area contributed by atoms with Crippen molar-refractivity contribution in [3.63, 3.8) is 0 Å². The van der Waals surface area contributed by atoms with Crippen molar-refractivity contribution in [1.29, 1.82) is 0 Å². The van der Waals surface area contributed by atoms with E-state index in [0.29, 0.717) is 13.2 Å². The van der Waals surface area contributed by atoms with Crippen LogP contribution in [-0.2, 0) is 4.74 Å². The number of morpholine rings is 1. The van der Waals surface area contributed by atoms with E-state index < -0.39 is 8.38 Å². The molecule has 0 aromatic rings. The first-order valence-corrected chi connectivity index (χ1v) is 5.95. The van der Waals surface area contributed by atoms with E-state index in [4.69, 9.17) is 4.74 Å². The van der Waals surface area contributed by atoms with Crippen molar-refractivity contribution >= 4 is 8.38 Å². The van der Waals surface area contributed by atoms with Crippen molar-refractivity contribution in [2.75, 3.05) is 26.3 Å². The zero-order valence-corrected chi connectivity index (χ0v) is 14.8. The van der Waals surface area contributed by atoms with Crippen LogP contribution in [0.4, 0.5) is 0 Å². The first-order valence-electron chi connectivity index (χ1n) is 4.71. The second kappa shape index (κ2) is 11.4. The summed E-state index contributed by atoms with van der Waals surface area (Å²) in [6.07, 6.45) is 1.64. The normalized spacial score (nSPS) is 19.2. The van der Waals surface area contributed by atoms with Crippen molar-refractivity contribution in [1.82, 2.24) is 4.90 Å². The van der Waals surface area contributed by atoms with Crippen LogP contribution >= 0.6 is 8.38 Å². The monoisotopic (exact) mass is 251 g/mol. The van der Waals surface area contributed by atoms with Crippen LogP contribution in [0.5, 0.6) is 0 Å². The predicted molar refractivity (Wildman–Crippen MR) is 48.0 cm³/mol. The van der Waals surface area contributed by atoms with E-state index in [1.807, 2.05) is 11.8 Å². The minimum absolute atomic E-state index is 0. The summed E-state index contributed by atoms with van der Waals surface area (Å²) in [6, 6.07) is 0. The van der Waals surface area contributed by atoms with Gasteiger partial charge in [-0.05, 0) is 6.42 Å². The van der Waals surface area contributed by atoms with Crippen molar-refractivity contribution in [3.05, 3.63) is 0 Å². The number of nitrogens with zero attached hydrogens (tertiary/aromatic N) is 1. The Morgan fingerprint density at radius 1 is 1.27 bits per heavy atom. The summed E-state index contributed by atoms with van der Waals surface area (Å²) in [4.78, 5) is 23.9. The number of rotatable bonds is 4. The van der Waals surface area contributed by atoms with Gasteiger partial charge in [0.25, 0.3) is 0 Å². The van der Waals surface area contributed by atoms with Crippen molar-refractivity contribution < 1.29 is 73.6 Å². The fourth-order valence-electron chi connectivity index (χ4n) is 1.56. The molecule has 0 aliphatic carbocycles. The van der Waals surface area contributed by atoms with E-state index >= 15 is 0 Å². The molecule has 1 rings (SSSR count). The molecule has 0 aromatic carbocycles. The fraction of sp³-hybridized carbons (Fsp3) is 1.00. The van der Waals surface area contributed by atoms with Crippen LogP contribution in [0.2, 0.25) is 0 Å². The van der Waals surface area contributed by atoms with Gasteiger partial charge in [-0.2, -0.15) is 0 Å². The molecule has 0 saturated carbocycles. The summed E-state index contributed by atoms with van der Waals surface area (Å²) < 4.78 is 5.17. The largest absolute Gasteiger partial charge is 1.00 e. The SMILES string of the molecule is CCCC(N1CCOCC1)P([O-])[O-].[Na+].[Na+]. The quantitative estimate of drug-likeness (QED) is 0.368. The molecule has 0 bridgehead atoms. The van der Waals surface area contributed by atoms with E-state index in [1.165, 1.54) is 0 Å². The van der Waals surface area contributed by atoms with Gasteiger partial charge in [0, 0.05) is 18.9 Å². The molecule has 1 aliphatic rings. The van der Waals surface area contributed by atoms with E-state index in [1.54, 1.807) is 0 Å². The van der Waals surface area contributed by atoms with Crippen LogP contribution in [0.25, 0.3) is 0 Å². The van der Waals surface area contributed by atoms with E-state index in [0.717, 1.165) is 25.9 Å². The van der Waals surface area contributed by atoms with Crippen molar-refractivity contribution in [3.8, 4) is 0 Å². The van der Waals surface area contributed by atoms with Crippen LogP contribution in [-0.4, -0.2) is 37.0 Å². The summed E-state index contributed by atoms with van der Waals surface area (Å²) in [6.45, 7) is 4.81. The summed E-state index contributed by atoms with van der Waals surface area (Å²) in [7, 11) is -2.32. The zero-order chi connectivity index (χ0) is 9.68. The maximum absolute atomic E-state index is 10.9. The Balaban J connectivity index is 0. The third-order valence-electron chi connectivity index (χ3n) is 2.26. The van der Waals surface area contributed by atoms with Gasteiger partial charge in [0.1, 0.15) is 0 Å². The minimum Gasteiger partial charge on any atom is -0.840 e. The second-order valence-electron chi connectivity index (χ2n) is 3.20. The topological polar surface area (TPSA) is 58.6 Å². The third-order valence-corrected chi connectivity index (χ3v) is 3.33. The maximum atomic E-state index is 10.9. The number of hydrogen-bond donors (Lipinski definition) is 0. The Bertz CT molecular complexity index is 148. The van der Waals surface area contributed by atoms with Crippen LogP contribution in [0.3, 0.4) is 0 Å². The van der Waals surface area contributed by atoms with Crippen molar-refractivity contribution in [2.24, 2.45) is 0 Å². The number of hydrogen-bond acceptors (Lipinski definition) is 4. The minimum atomic E-state index is -2.32. The summed E-state index contributed by atoms with van der Waals surface area (Å²) in [5.41, 5.74) is 0. The first-order chi connectivity index (χ1) is 6.25. The second-order valence-corrected chi connectivity index (χ2v) is 4.37. The standard InChI is InChI=1S/C8H16NO3P.2Na/c1-2-3-8(13(10)11)9-4-6-12-7-5-9;;/h8H,2-7H2,1H3;;/q-2;2*+1. The Kier molecular flexibility index (Phi) is 14.9. The fourth-order valence-corrected chi connectivity index (χ4v) is 2.52. The molecule has 1 aliphatic heterocycles. The van der Waals surface area contributed by atoms with Gasteiger partial charge in [-0.15, -0.1) is 0 Å². The number of ether oxygens (including phenoxy) is 1. The van der Waals surface area contributed by atoms with Crippen LogP contribution in [0.15, 0.2) is 0 Å². The molecule has 1 saturated heterocycles. The van der Waals surface area contributed by atoms with Gasteiger partial charge in [-0.3, -0.25) is 13.3 Å². The molecule has 1 atom stereocenters. The Labute approximate surface area is 137 Å². The molecule has 1 fully saturated rings. The van der Waals surface area contributed by atoms with E-state index in [-0.39, 0.29) is 64.9 Å². The molecule has 4 nitrogen and oxygen atoms in total. The summed E-state index contributed by atoms with van der Waals surface area (Å²) in [5, 5.41) is 0. The zero-order valence-electron chi connectivity index (χ0n) is 9.94. The molecule has 0 amide bonds. The molecule has 15 heavy (non-hydrogen) atoms. The average Bonchev–Trinajstić information content (AvgIpc) is 2.15. The predicted octanol–water partition coefficient (Wildman–Crippen LogP) is -6.51. The first kappa shape index (κ1) is 19.6. The molecule has 7 heteroatoms. The van der Waals surface area contributed by atoms with Crippen LogP contribution in [0, 0.1) is 0 Å². The van der Waals surface area contributed by atoms with Crippen LogP contribution < -0.4 is 68.9 Å². The van der Waals surface area contributed by atoms with Gasteiger partial charge < -0.3 is 14.5 Å². The van der Waals surface area contributed by atoms with Gasteiger partial charge in [0.15, 0.2) is 0 Å². The Morgan fingerprint density at radius 3 is 2.20 bits per heavy atom. The van der Waals surface area contributed by atoms with Gasteiger partial charge in [0.05, 0.1) is 13.2 Å². The maximum Gasteiger partial charge on any atom is 1.00 e. The van der Waals surface area contributed by atoms with E-state index in [2.05, 4.69) is 0 Å². The Hall–Kier alpha value is 2.27. The smallest absolute Gasteiger partial charge is 0.840 e. The molecule has 0 aromatic heterocycles. The molecule has 0 radical (unpaired) electrons. The molecular weight excluding hydrogens is 235 g/mol. The summed E-state index contributed by atoms with van der Waals surface area (Å²) >= 11 is 0. The van der Waals surface area contributed by atoms with Crippen LogP contribution in [0.1, 0.15) is 19.8 Å². The average molecular weight is 251 g/mol. The molecule has 0 N–H and O–H groups in total. The summed E-state index contributed by atoms with van der Waals surface area (Å²) in [5.74, 6) is -0.274. The van der Waals surface area contributed by atoms with Gasteiger partial charge >= 0.3 is 59.1 Å². The Morgan fingerprint density at radius 2 is 1.80 bits per heavy atom. The van der Waals surface area contributed by atoms with Gasteiger partial charge in [0.2, 0.25) is 0 Å². The third kappa shape index (κ3) is 7.32. The molecular formula is C8H16NNa2O3P. The van der Waals surface area contributed by atoms with Gasteiger partial charge in [-0.25, -0.2) is 0 Å². The van der Waals surface area contributed by atoms with E-state index in [9.17, 15) is 9.79 Å².